The number of rotatable bonds is 5. The zero-order valence-electron chi connectivity index (χ0n) is 10.7. The van der Waals surface area contributed by atoms with Crippen LogP contribution in [0.5, 0.6) is 0 Å². The van der Waals surface area contributed by atoms with Gasteiger partial charge in [-0.05, 0) is 18.1 Å². The number of carboxylic acid groups (broad SMARTS) is 1. The van der Waals surface area contributed by atoms with Crippen LogP contribution in [0, 0.1) is 11.7 Å². The first-order valence-electron chi connectivity index (χ1n) is 5.52. The number of benzene rings is 1. The first-order valence-corrected chi connectivity index (χ1v) is 7.29. The predicted octanol–water partition coefficient (Wildman–Crippen LogP) is 2.44. The SMILES string of the molecule is CC(C)CN(c1ccc(Cl)c(C(=O)O)c1F)S(=O)(=O)O. The molecule has 0 saturated heterocycles. The second kappa shape index (κ2) is 5.94. The Kier molecular flexibility index (Phi) is 4.95. The quantitative estimate of drug-likeness (QED) is 0.811. The molecule has 0 radical (unpaired) electrons. The average molecular weight is 326 g/mol. The summed E-state index contributed by atoms with van der Waals surface area (Å²) >= 11 is 5.57. The average Bonchev–Trinajstić information content (AvgIpc) is 2.24. The minimum Gasteiger partial charge on any atom is -0.478 e. The molecule has 0 bridgehead atoms. The van der Waals surface area contributed by atoms with E-state index in [-0.39, 0.29) is 17.5 Å². The van der Waals surface area contributed by atoms with E-state index in [9.17, 15) is 17.6 Å². The maximum absolute atomic E-state index is 14.1. The molecule has 0 fully saturated rings. The van der Waals surface area contributed by atoms with Crippen molar-refractivity contribution < 1.29 is 27.3 Å². The molecule has 112 valence electrons. The molecule has 0 aromatic heterocycles. The highest BCUT2D eigenvalue weighted by Crippen LogP contribution is 2.30. The Morgan fingerprint density at radius 3 is 2.40 bits per heavy atom. The van der Waals surface area contributed by atoms with E-state index >= 15 is 0 Å². The number of halogens is 2. The maximum atomic E-state index is 14.1. The maximum Gasteiger partial charge on any atom is 0.360 e. The van der Waals surface area contributed by atoms with Gasteiger partial charge < -0.3 is 5.11 Å². The Balaban J connectivity index is 3.50. The van der Waals surface area contributed by atoms with Crippen LogP contribution in [0.3, 0.4) is 0 Å². The number of carboxylic acids is 1. The van der Waals surface area contributed by atoms with Gasteiger partial charge in [-0.15, -0.1) is 0 Å². The molecule has 0 saturated carbocycles. The van der Waals surface area contributed by atoms with Crippen LogP contribution < -0.4 is 4.31 Å². The van der Waals surface area contributed by atoms with Crippen LogP contribution in [0.1, 0.15) is 24.2 Å². The van der Waals surface area contributed by atoms with Crippen LogP contribution in [0.4, 0.5) is 10.1 Å². The van der Waals surface area contributed by atoms with Gasteiger partial charge in [0.25, 0.3) is 0 Å². The van der Waals surface area contributed by atoms with Gasteiger partial charge in [-0.2, -0.15) is 8.42 Å². The zero-order valence-corrected chi connectivity index (χ0v) is 12.2. The lowest BCUT2D eigenvalue weighted by atomic mass is 10.1. The molecule has 0 atom stereocenters. The van der Waals surface area contributed by atoms with E-state index in [2.05, 4.69) is 0 Å². The summed E-state index contributed by atoms with van der Waals surface area (Å²) in [4.78, 5) is 10.9. The fourth-order valence-electron chi connectivity index (χ4n) is 1.58. The molecule has 0 aliphatic heterocycles. The van der Waals surface area contributed by atoms with Crippen molar-refractivity contribution in [3.8, 4) is 0 Å². The molecule has 1 aromatic carbocycles. The van der Waals surface area contributed by atoms with Crippen molar-refractivity contribution in [1.82, 2.24) is 0 Å². The number of nitrogens with zero attached hydrogens (tertiary/aromatic N) is 1. The van der Waals surface area contributed by atoms with Gasteiger partial charge in [0.2, 0.25) is 0 Å². The third-order valence-corrected chi connectivity index (χ3v) is 3.58. The minimum absolute atomic E-state index is 0.212. The summed E-state index contributed by atoms with van der Waals surface area (Å²) in [6.07, 6.45) is 0. The van der Waals surface area contributed by atoms with Gasteiger partial charge >= 0.3 is 16.3 Å². The highest BCUT2D eigenvalue weighted by molar-refractivity contribution is 7.87. The monoisotopic (exact) mass is 325 g/mol. The predicted molar refractivity (Wildman–Crippen MR) is 72.1 cm³/mol. The Labute approximate surface area is 120 Å². The number of hydrogen-bond donors (Lipinski definition) is 2. The van der Waals surface area contributed by atoms with Gasteiger partial charge in [-0.1, -0.05) is 25.4 Å². The molecule has 1 rings (SSSR count). The molecule has 0 unspecified atom stereocenters. The summed E-state index contributed by atoms with van der Waals surface area (Å²) < 4.78 is 46.3. The number of carbonyl (C=O) groups is 1. The third kappa shape index (κ3) is 3.59. The van der Waals surface area contributed by atoms with Gasteiger partial charge in [0.1, 0.15) is 5.56 Å². The fourth-order valence-corrected chi connectivity index (χ4v) is 2.68. The minimum atomic E-state index is -4.73. The van der Waals surface area contributed by atoms with E-state index in [0.717, 1.165) is 12.1 Å². The molecule has 20 heavy (non-hydrogen) atoms. The normalized spacial score (nSPS) is 11.7. The van der Waals surface area contributed by atoms with E-state index in [1.165, 1.54) is 0 Å². The molecule has 0 aliphatic carbocycles. The molecule has 2 N–H and O–H groups in total. The van der Waals surface area contributed by atoms with Gasteiger partial charge in [0.05, 0.1) is 10.7 Å². The molecule has 1 aromatic rings. The summed E-state index contributed by atoms with van der Waals surface area (Å²) in [5.74, 6) is -3.17. The lowest BCUT2D eigenvalue weighted by Gasteiger charge is -2.23. The Hall–Kier alpha value is -1.38. The first-order chi connectivity index (χ1) is 9.05. The lowest BCUT2D eigenvalue weighted by molar-refractivity contribution is 0.0692. The van der Waals surface area contributed by atoms with E-state index < -0.39 is 33.3 Å². The standard InChI is InChI=1S/C11H13ClFNO5S/c1-6(2)5-14(20(17,18)19)8-4-3-7(12)9(10(8)13)11(15)16/h3-4,6H,5H2,1-2H3,(H,15,16)(H,17,18,19). The van der Waals surface area contributed by atoms with Crippen molar-refractivity contribution in [2.75, 3.05) is 10.8 Å². The molecule has 0 amide bonds. The van der Waals surface area contributed by atoms with Crippen LogP contribution in [-0.2, 0) is 10.3 Å². The summed E-state index contributed by atoms with van der Waals surface area (Å²) in [6.45, 7) is 3.10. The van der Waals surface area contributed by atoms with Crippen molar-refractivity contribution in [3.05, 3.63) is 28.5 Å². The third-order valence-electron chi connectivity index (χ3n) is 2.36. The fraction of sp³-hybridized carbons (Fsp3) is 0.364. The van der Waals surface area contributed by atoms with Crippen molar-refractivity contribution in [3.63, 3.8) is 0 Å². The van der Waals surface area contributed by atoms with Crippen molar-refractivity contribution in [2.24, 2.45) is 5.92 Å². The van der Waals surface area contributed by atoms with E-state index in [4.69, 9.17) is 21.3 Å². The second-order valence-electron chi connectivity index (χ2n) is 4.46. The molecule has 0 aliphatic rings. The molecule has 9 heteroatoms. The van der Waals surface area contributed by atoms with Crippen LogP contribution in [0.2, 0.25) is 5.02 Å². The second-order valence-corrected chi connectivity index (χ2v) is 6.21. The highest BCUT2D eigenvalue weighted by atomic mass is 35.5. The van der Waals surface area contributed by atoms with Crippen molar-refractivity contribution in [2.45, 2.75) is 13.8 Å². The topological polar surface area (TPSA) is 94.9 Å². The van der Waals surface area contributed by atoms with E-state index in [1.807, 2.05) is 0 Å². The van der Waals surface area contributed by atoms with Crippen LogP contribution in [0.25, 0.3) is 0 Å². The van der Waals surface area contributed by atoms with Crippen molar-refractivity contribution >= 4 is 33.6 Å². The number of anilines is 1. The summed E-state index contributed by atoms with van der Waals surface area (Å²) in [5, 5.41) is 8.52. The van der Waals surface area contributed by atoms with E-state index in [0.29, 0.717) is 4.31 Å². The van der Waals surface area contributed by atoms with Crippen LogP contribution in [-0.4, -0.2) is 30.6 Å². The van der Waals surface area contributed by atoms with Gasteiger partial charge in [0.15, 0.2) is 5.82 Å². The summed E-state index contributed by atoms with van der Waals surface area (Å²) in [6, 6.07) is 2.06. The number of aromatic carboxylic acids is 1. The largest absolute Gasteiger partial charge is 0.478 e. The molecule has 0 spiro atoms. The molecular formula is C11H13ClFNO5S. The highest BCUT2D eigenvalue weighted by Gasteiger charge is 2.28. The smallest absolute Gasteiger partial charge is 0.360 e. The van der Waals surface area contributed by atoms with Crippen LogP contribution in [0.15, 0.2) is 12.1 Å². The molecule has 0 heterocycles. The first kappa shape index (κ1) is 16.7. The Bertz CT molecular complexity index is 632. The van der Waals surface area contributed by atoms with Crippen molar-refractivity contribution in [1.29, 1.82) is 0 Å². The zero-order chi connectivity index (χ0) is 15.7. The van der Waals surface area contributed by atoms with Crippen LogP contribution >= 0.6 is 11.6 Å². The van der Waals surface area contributed by atoms with Gasteiger partial charge in [-0.25, -0.2) is 13.5 Å². The molecular weight excluding hydrogens is 313 g/mol. The Morgan fingerprint density at radius 2 is 2.00 bits per heavy atom. The van der Waals surface area contributed by atoms with Gasteiger partial charge in [-0.3, -0.25) is 4.55 Å². The molecule has 6 nitrogen and oxygen atoms in total. The summed E-state index contributed by atoms with van der Waals surface area (Å²) in [5.41, 5.74) is -1.41. The lowest BCUT2D eigenvalue weighted by Crippen LogP contribution is -2.34. The Morgan fingerprint density at radius 1 is 1.45 bits per heavy atom. The van der Waals surface area contributed by atoms with E-state index in [1.54, 1.807) is 13.8 Å². The number of hydrogen-bond acceptors (Lipinski definition) is 3. The summed E-state index contributed by atoms with van der Waals surface area (Å²) in [7, 11) is -4.73. The van der Waals surface area contributed by atoms with Gasteiger partial charge in [0, 0.05) is 6.54 Å².